The summed E-state index contributed by atoms with van der Waals surface area (Å²) >= 11 is 7.72. The second kappa shape index (κ2) is 3.50. The Hall–Kier alpha value is -1.52. The Morgan fingerprint density at radius 1 is 1.31 bits per heavy atom. The molecule has 0 aliphatic carbocycles. The Balaban J connectivity index is 2.31. The zero-order valence-electron chi connectivity index (χ0n) is 8.22. The molecule has 0 spiro atoms. The lowest BCUT2D eigenvalue weighted by Crippen LogP contribution is -1.92. The summed E-state index contributed by atoms with van der Waals surface area (Å²) in [5.41, 5.74) is 8.09. The quantitative estimate of drug-likeness (QED) is 0.673. The summed E-state index contributed by atoms with van der Waals surface area (Å²) in [5.74, 6) is 0. The molecule has 3 heterocycles. The zero-order chi connectivity index (χ0) is 11.1. The molecule has 0 fully saturated rings. The smallest absolute Gasteiger partial charge is 0.161 e. The van der Waals surface area contributed by atoms with Gasteiger partial charge >= 0.3 is 0 Å². The minimum atomic E-state index is 0.611. The number of anilines is 1. The predicted octanol–water partition coefficient (Wildman–Crippen LogP) is 3.30. The van der Waals surface area contributed by atoms with Crippen molar-refractivity contribution in [1.82, 2.24) is 9.38 Å². The van der Waals surface area contributed by atoms with Gasteiger partial charge in [-0.1, -0.05) is 17.7 Å². The Labute approximate surface area is 101 Å². The number of nitrogens with zero attached hydrogens (tertiary/aromatic N) is 2. The summed E-state index contributed by atoms with van der Waals surface area (Å²) < 4.78 is 1.80. The molecule has 3 nitrogen and oxygen atoms in total. The maximum atomic E-state index is 6.07. The van der Waals surface area contributed by atoms with Crippen molar-refractivity contribution < 1.29 is 0 Å². The monoisotopic (exact) mass is 249 g/mol. The van der Waals surface area contributed by atoms with Crippen molar-refractivity contribution >= 4 is 34.3 Å². The van der Waals surface area contributed by atoms with Gasteiger partial charge in [-0.25, -0.2) is 4.98 Å². The van der Waals surface area contributed by atoms with Crippen LogP contribution in [0.15, 0.2) is 35.8 Å². The van der Waals surface area contributed by atoms with Crippen molar-refractivity contribution in [3.05, 3.63) is 41.0 Å². The molecule has 3 aromatic heterocycles. The third-order valence-electron chi connectivity index (χ3n) is 2.37. The molecular formula is C11H8ClN3S. The van der Waals surface area contributed by atoms with Crippen molar-refractivity contribution in [1.29, 1.82) is 0 Å². The molecule has 80 valence electrons. The summed E-state index contributed by atoms with van der Waals surface area (Å²) in [5, 5.41) is 2.63. The van der Waals surface area contributed by atoms with Crippen LogP contribution in [0.4, 0.5) is 5.69 Å². The molecular weight excluding hydrogens is 242 g/mol. The number of fused-ring (bicyclic) bond motifs is 1. The van der Waals surface area contributed by atoms with E-state index in [1.807, 2.05) is 23.7 Å². The first-order chi connectivity index (χ1) is 7.75. The van der Waals surface area contributed by atoms with Crippen LogP contribution in [0.1, 0.15) is 0 Å². The fourth-order valence-electron chi connectivity index (χ4n) is 1.60. The van der Waals surface area contributed by atoms with E-state index in [2.05, 4.69) is 4.98 Å². The predicted molar refractivity (Wildman–Crippen MR) is 67.9 cm³/mol. The molecule has 2 N–H and O–H groups in total. The molecule has 16 heavy (non-hydrogen) atoms. The molecule has 0 aromatic carbocycles. The molecule has 0 radical (unpaired) electrons. The van der Waals surface area contributed by atoms with E-state index >= 15 is 0 Å². The lowest BCUT2D eigenvalue weighted by Gasteiger charge is -1.98. The molecule has 0 unspecified atom stereocenters. The van der Waals surface area contributed by atoms with Crippen molar-refractivity contribution in [3.63, 3.8) is 0 Å². The van der Waals surface area contributed by atoms with E-state index in [-0.39, 0.29) is 0 Å². The number of nitrogen functional groups attached to an aromatic ring is 1. The number of halogens is 1. The second-order valence-electron chi connectivity index (χ2n) is 3.41. The largest absolute Gasteiger partial charge is 0.396 e. The second-order valence-corrected chi connectivity index (χ2v) is 4.74. The van der Waals surface area contributed by atoms with E-state index in [1.54, 1.807) is 27.9 Å². The Morgan fingerprint density at radius 3 is 2.88 bits per heavy atom. The van der Waals surface area contributed by atoms with Gasteiger partial charge < -0.3 is 5.73 Å². The number of aromatic nitrogens is 2. The van der Waals surface area contributed by atoms with Crippen LogP contribution in [0.25, 0.3) is 16.2 Å². The average molecular weight is 250 g/mol. The molecule has 0 aliphatic rings. The first-order valence-electron chi connectivity index (χ1n) is 4.72. The van der Waals surface area contributed by atoms with E-state index in [0.29, 0.717) is 16.5 Å². The van der Waals surface area contributed by atoms with Crippen LogP contribution >= 0.6 is 22.9 Å². The van der Waals surface area contributed by atoms with Crippen LogP contribution in [-0.2, 0) is 0 Å². The van der Waals surface area contributed by atoms with Gasteiger partial charge in [0.2, 0.25) is 0 Å². The van der Waals surface area contributed by atoms with Gasteiger partial charge in [-0.2, -0.15) is 0 Å². The van der Waals surface area contributed by atoms with Gasteiger partial charge in [-0.15, -0.1) is 11.3 Å². The van der Waals surface area contributed by atoms with Gasteiger partial charge in [0.25, 0.3) is 0 Å². The van der Waals surface area contributed by atoms with E-state index in [9.17, 15) is 0 Å². The summed E-state index contributed by atoms with van der Waals surface area (Å²) in [6, 6.07) is 7.55. The molecule has 0 saturated carbocycles. The van der Waals surface area contributed by atoms with Crippen LogP contribution < -0.4 is 5.73 Å². The van der Waals surface area contributed by atoms with Crippen LogP contribution in [0.2, 0.25) is 5.15 Å². The number of rotatable bonds is 1. The summed E-state index contributed by atoms with van der Waals surface area (Å²) in [4.78, 5) is 5.59. The van der Waals surface area contributed by atoms with Crippen molar-refractivity contribution in [3.8, 4) is 10.6 Å². The first kappa shape index (κ1) is 9.69. The average Bonchev–Trinajstić information content (AvgIpc) is 2.90. The first-order valence-corrected chi connectivity index (χ1v) is 5.98. The fourth-order valence-corrected chi connectivity index (χ4v) is 2.47. The third-order valence-corrected chi connectivity index (χ3v) is 3.57. The van der Waals surface area contributed by atoms with Gasteiger partial charge in [0.1, 0.15) is 5.15 Å². The molecule has 5 heteroatoms. The summed E-state index contributed by atoms with van der Waals surface area (Å²) in [6.07, 6.45) is 1.90. The van der Waals surface area contributed by atoms with Crippen molar-refractivity contribution in [2.24, 2.45) is 0 Å². The highest BCUT2D eigenvalue weighted by Crippen LogP contribution is 2.27. The van der Waals surface area contributed by atoms with Crippen molar-refractivity contribution in [2.75, 3.05) is 5.73 Å². The molecule has 0 atom stereocenters. The maximum Gasteiger partial charge on any atom is 0.161 e. The zero-order valence-corrected chi connectivity index (χ0v) is 9.79. The minimum Gasteiger partial charge on any atom is -0.396 e. The molecule has 0 bridgehead atoms. The van der Waals surface area contributed by atoms with E-state index in [0.717, 1.165) is 10.6 Å². The standard InChI is InChI=1S/C11H8ClN3S/c12-10-4-3-7(13)11-14-8(6-15(10)11)9-2-1-5-16-9/h1-6H,13H2. The highest BCUT2D eigenvalue weighted by atomic mass is 35.5. The lowest BCUT2D eigenvalue weighted by molar-refractivity contribution is 1.19. The van der Waals surface area contributed by atoms with Crippen LogP contribution in [0, 0.1) is 0 Å². The van der Waals surface area contributed by atoms with Crippen LogP contribution in [0.3, 0.4) is 0 Å². The van der Waals surface area contributed by atoms with Gasteiger partial charge in [-0.3, -0.25) is 4.40 Å². The van der Waals surface area contributed by atoms with Gasteiger partial charge in [0, 0.05) is 6.20 Å². The Kier molecular flexibility index (Phi) is 2.12. The van der Waals surface area contributed by atoms with Gasteiger partial charge in [0.05, 0.1) is 16.3 Å². The number of thiophene rings is 1. The van der Waals surface area contributed by atoms with Gasteiger partial charge in [-0.05, 0) is 23.6 Å². The number of hydrogen-bond donors (Lipinski definition) is 1. The van der Waals surface area contributed by atoms with Crippen LogP contribution in [-0.4, -0.2) is 9.38 Å². The van der Waals surface area contributed by atoms with Crippen molar-refractivity contribution in [2.45, 2.75) is 0 Å². The third kappa shape index (κ3) is 1.38. The van der Waals surface area contributed by atoms with E-state index in [4.69, 9.17) is 17.3 Å². The Morgan fingerprint density at radius 2 is 2.19 bits per heavy atom. The SMILES string of the molecule is Nc1ccc(Cl)n2cc(-c3cccs3)nc12. The normalized spacial score (nSPS) is 11.1. The molecule has 0 aliphatic heterocycles. The van der Waals surface area contributed by atoms with E-state index < -0.39 is 0 Å². The number of imidazole rings is 1. The highest BCUT2D eigenvalue weighted by Gasteiger charge is 2.09. The summed E-state index contributed by atoms with van der Waals surface area (Å²) in [7, 11) is 0. The van der Waals surface area contributed by atoms with Gasteiger partial charge in [0.15, 0.2) is 5.65 Å². The number of hydrogen-bond acceptors (Lipinski definition) is 3. The molecule has 3 rings (SSSR count). The topological polar surface area (TPSA) is 43.3 Å². The maximum absolute atomic E-state index is 6.07. The lowest BCUT2D eigenvalue weighted by atomic mass is 10.4. The van der Waals surface area contributed by atoms with E-state index in [1.165, 1.54) is 0 Å². The summed E-state index contributed by atoms with van der Waals surface area (Å²) in [6.45, 7) is 0. The molecule has 3 aromatic rings. The number of nitrogens with two attached hydrogens (primary N) is 1. The van der Waals surface area contributed by atoms with Crippen LogP contribution in [0.5, 0.6) is 0 Å². The minimum absolute atomic E-state index is 0.611. The highest BCUT2D eigenvalue weighted by molar-refractivity contribution is 7.13. The Bertz CT molecular complexity index is 604. The molecule has 0 amide bonds. The fraction of sp³-hybridized carbons (Fsp3) is 0. The molecule has 0 saturated heterocycles. The number of pyridine rings is 1.